The second-order valence-electron chi connectivity index (χ2n) is 5.79. The molecule has 0 atom stereocenters. The normalized spacial score (nSPS) is 10.5. The van der Waals surface area contributed by atoms with Crippen LogP contribution in [0.25, 0.3) is 11.5 Å². The van der Waals surface area contributed by atoms with Gasteiger partial charge in [-0.1, -0.05) is 24.3 Å². The third-order valence-electron chi connectivity index (χ3n) is 3.86. The largest absolute Gasteiger partial charge is 0.419 e. The van der Waals surface area contributed by atoms with Crippen LogP contribution in [0.3, 0.4) is 0 Å². The van der Waals surface area contributed by atoms with E-state index in [-0.39, 0.29) is 29.6 Å². The third kappa shape index (κ3) is 3.59. The van der Waals surface area contributed by atoms with Crippen LogP contribution < -0.4 is 0 Å². The minimum Gasteiger partial charge on any atom is -0.419 e. The molecular formula is C18H16N4O4. The lowest BCUT2D eigenvalue weighted by Gasteiger charge is -2.15. The molecule has 0 aliphatic heterocycles. The highest BCUT2D eigenvalue weighted by atomic mass is 16.6. The molecule has 0 bridgehead atoms. The first kappa shape index (κ1) is 17.3. The van der Waals surface area contributed by atoms with Crippen molar-refractivity contribution in [3.8, 4) is 11.5 Å². The van der Waals surface area contributed by atoms with Crippen LogP contribution in [0, 0.1) is 17.0 Å². The average Bonchev–Trinajstić information content (AvgIpc) is 3.10. The van der Waals surface area contributed by atoms with Gasteiger partial charge in [0.05, 0.1) is 11.5 Å². The summed E-state index contributed by atoms with van der Waals surface area (Å²) in [5.41, 5.74) is 1.42. The summed E-state index contributed by atoms with van der Waals surface area (Å²) in [6.07, 6.45) is 0. The summed E-state index contributed by atoms with van der Waals surface area (Å²) in [4.78, 5) is 24.4. The van der Waals surface area contributed by atoms with E-state index in [0.717, 1.165) is 5.56 Å². The highest BCUT2D eigenvalue weighted by molar-refractivity contribution is 5.94. The van der Waals surface area contributed by atoms with Crippen molar-refractivity contribution in [2.75, 3.05) is 7.05 Å². The Morgan fingerprint density at radius 3 is 2.62 bits per heavy atom. The fourth-order valence-corrected chi connectivity index (χ4v) is 2.45. The molecule has 1 aromatic heterocycles. The number of nitro groups is 1. The zero-order chi connectivity index (χ0) is 18.7. The van der Waals surface area contributed by atoms with Gasteiger partial charge in [-0.2, -0.15) is 0 Å². The van der Waals surface area contributed by atoms with Crippen LogP contribution in [-0.2, 0) is 6.54 Å². The molecule has 1 heterocycles. The molecule has 8 nitrogen and oxygen atoms in total. The van der Waals surface area contributed by atoms with E-state index in [1.54, 1.807) is 26.1 Å². The third-order valence-corrected chi connectivity index (χ3v) is 3.86. The Balaban J connectivity index is 1.75. The summed E-state index contributed by atoms with van der Waals surface area (Å²) in [5.74, 6) is 0.279. The monoisotopic (exact) mass is 352 g/mol. The first-order valence-electron chi connectivity index (χ1n) is 7.84. The fourth-order valence-electron chi connectivity index (χ4n) is 2.45. The van der Waals surface area contributed by atoms with Crippen LogP contribution in [-0.4, -0.2) is 33.0 Å². The number of amides is 1. The number of nitrogens with zero attached hydrogens (tertiary/aromatic N) is 4. The van der Waals surface area contributed by atoms with Gasteiger partial charge in [-0.25, -0.2) is 0 Å². The lowest BCUT2D eigenvalue weighted by molar-refractivity contribution is -0.385. The summed E-state index contributed by atoms with van der Waals surface area (Å²) in [6.45, 7) is 1.72. The maximum absolute atomic E-state index is 12.5. The van der Waals surface area contributed by atoms with E-state index in [2.05, 4.69) is 10.2 Å². The molecule has 3 aromatic rings. The second-order valence-corrected chi connectivity index (χ2v) is 5.79. The first-order chi connectivity index (χ1) is 12.5. The van der Waals surface area contributed by atoms with E-state index in [1.165, 1.54) is 11.0 Å². The lowest BCUT2D eigenvalue weighted by Crippen LogP contribution is -2.26. The van der Waals surface area contributed by atoms with Gasteiger partial charge in [0.15, 0.2) is 0 Å². The van der Waals surface area contributed by atoms with Gasteiger partial charge in [0.1, 0.15) is 0 Å². The molecule has 0 aliphatic rings. The second kappa shape index (κ2) is 7.14. The van der Waals surface area contributed by atoms with E-state index in [9.17, 15) is 14.9 Å². The molecule has 0 N–H and O–H groups in total. The zero-order valence-electron chi connectivity index (χ0n) is 14.2. The average molecular weight is 352 g/mol. The zero-order valence-corrected chi connectivity index (χ0v) is 14.2. The lowest BCUT2D eigenvalue weighted by atomic mass is 10.1. The number of hydrogen-bond donors (Lipinski definition) is 0. The summed E-state index contributed by atoms with van der Waals surface area (Å²) in [7, 11) is 1.57. The smallest absolute Gasteiger partial charge is 0.273 e. The number of carbonyl (C=O) groups excluding carboxylic acids is 1. The molecule has 0 fully saturated rings. The number of aryl methyl sites for hydroxylation is 1. The van der Waals surface area contributed by atoms with Crippen LogP contribution >= 0.6 is 0 Å². The molecule has 2 aromatic carbocycles. The van der Waals surface area contributed by atoms with Gasteiger partial charge in [0, 0.05) is 29.8 Å². The molecule has 8 heteroatoms. The number of benzene rings is 2. The Morgan fingerprint density at radius 1 is 1.19 bits per heavy atom. The van der Waals surface area contributed by atoms with E-state index in [4.69, 9.17) is 4.42 Å². The Labute approximate surface area is 149 Å². The van der Waals surface area contributed by atoms with Gasteiger partial charge >= 0.3 is 0 Å². The molecule has 0 unspecified atom stereocenters. The highest BCUT2D eigenvalue weighted by Gasteiger charge is 2.19. The van der Waals surface area contributed by atoms with E-state index >= 15 is 0 Å². The van der Waals surface area contributed by atoms with E-state index in [0.29, 0.717) is 11.5 Å². The minimum absolute atomic E-state index is 0.0894. The predicted octanol–water partition coefficient (Wildman–Crippen LogP) is 3.23. The Kier molecular flexibility index (Phi) is 4.74. The highest BCUT2D eigenvalue weighted by Crippen LogP contribution is 2.21. The molecule has 3 rings (SSSR count). The molecule has 1 amide bonds. The van der Waals surface area contributed by atoms with Gasteiger partial charge in [0.2, 0.25) is 11.8 Å². The van der Waals surface area contributed by atoms with Crippen LogP contribution in [0.2, 0.25) is 0 Å². The molecule has 132 valence electrons. The molecular weight excluding hydrogens is 336 g/mol. The van der Waals surface area contributed by atoms with Gasteiger partial charge in [-0.3, -0.25) is 14.9 Å². The number of rotatable bonds is 5. The van der Waals surface area contributed by atoms with Crippen molar-refractivity contribution >= 4 is 11.6 Å². The topological polar surface area (TPSA) is 102 Å². The number of carbonyl (C=O) groups is 1. The van der Waals surface area contributed by atoms with Crippen LogP contribution in [0.15, 0.2) is 52.9 Å². The molecule has 26 heavy (non-hydrogen) atoms. The van der Waals surface area contributed by atoms with Crippen molar-refractivity contribution in [3.05, 3.63) is 75.7 Å². The quantitative estimate of drug-likeness (QED) is 0.516. The van der Waals surface area contributed by atoms with Gasteiger partial charge in [-0.15, -0.1) is 10.2 Å². The molecule has 0 radical (unpaired) electrons. The predicted molar refractivity (Wildman–Crippen MR) is 93.4 cm³/mol. The summed E-state index contributed by atoms with van der Waals surface area (Å²) < 4.78 is 5.58. The van der Waals surface area contributed by atoms with E-state index in [1.807, 2.05) is 30.3 Å². The van der Waals surface area contributed by atoms with Gasteiger partial charge in [-0.05, 0) is 25.1 Å². The summed E-state index contributed by atoms with van der Waals surface area (Å²) in [5, 5.41) is 19.0. The van der Waals surface area contributed by atoms with Crippen molar-refractivity contribution in [2.45, 2.75) is 13.5 Å². The van der Waals surface area contributed by atoms with Crippen molar-refractivity contribution in [1.29, 1.82) is 0 Å². The first-order valence-corrected chi connectivity index (χ1v) is 7.84. The SMILES string of the molecule is Cc1ccc(C(=O)N(C)Cc2nnc(-c3ccccc3)o2)cc1[N+](=O)[O-]. The van der Waals surface area contributed by atoms with Crippen molar-refractivity contribution < 1.29 is 14.1 Å². The Bertz CT molecular complexity index is 953. The van der Waals surface area contributed by atoms with Crippen molar-refractivity contribution in [1.82, 2.24) is 15.1 Å². The van der Waals surface area contributed by atoms with Crippen LogP contribution in [0.1, 0.15) is 21.8 Å². The van der Waals surface area contributed by atoms with Crippen molar-refractivity contribution in [2.24, 2.45) is 0 Å². The van der Waals surface area contributed by atoms with Crippen LogP contribution in [0.5, 0.6) is 0 Å². The standard InChI is InChI=1S/C18H16N4O4/c1-12-8-9-14(10-15(12)22(24)25)18(23)21(2)11-16-19-20-17(26-16)13-6-4-3-5-7-13/h3-10H,11H2,1-2H3. The van der Waals surface area contributed by atoms with E-state index < -0.39 is 4.92 Å². The maximum Gasteiger partial charge on any atom is 0.273 e. The fraction of sp³-hybridized carbons (Fsp3) is 0.167. The molecule has 0 spiro atoms. The van der Waals surface area contributed by atoms with Crippen molar-refractivity contribution in [3.63, 3.8) is 0 Å². The van der Waals surface area contributed by atoms with Gasteiger partial charge in [0.25, 0.3) is 11.6 Å². The molecule has 0 saturated heterocycles. The molecule has 0 aliphatic carbocycles. The minimum atomic E-state index is -0.504. The summed E-state index contributed by atoms with van der Waals surface area (Å²) >= 11 is 0. The summed E-state index contributed by atoms with van der Waals surface area (Å²) in [6, 6.07) is 13.7. The van der Waals surface area contributed by atoms with Gasteiger partial charge < -0.3 is 9.32 Å². The Morgan fingerprint density at radius 2 is 1.92 bits per heavy atom. The molecule has 0 saturated carbocycles. The number of hydrogen-bond acceptors (Lipinski definition) is 6. The maximum atomic E-state index is 12.5. The number of aromatic nitrogens is 2. The van der Waals surface area contributed by atoms with Crippen LogP contribution in [0.4, 0.5) is 5.69 Å². The number of nitro benzene ring substituents is 1. The Hall–Kier alpha value is -3.55.